The number of aromatic nitrogens is 2. The molecule has 170 valence electrons. The van der Waals surface area contributed by atoms with Crippen LogP contribution in [0.3, 0.4) is 0 Å². The Bertz CT molecular complexity index is 1240. The van der Waals surface area contributed by atoms with Gasteiger partial charge < -0.3 is 15.6 Å². The van der Waals surface area contributed by atoms with E-state index in [1.807, 2.05) is 30.3 Å². The zero-order chi connectivity index (χ0) is 23.6. The summed E-state index contributed by atoms with van der Waals surface area (Å²) >= 11 is 1.27. The second-order valence-corrected chi connectivity index (χ2v) is 8.24. The number of carbonyl (C=O) groups excluding carboxylic acids is 2. The molecule has 2 aromatic carbocycles. The molecule has 0 spiro atoms. The monoisotopic (exact) mass is 474 g/mol. The van der Waals surface area contributed by atoms with Gasteiger partial charge in [0.15, 0.2) is 5.16 Å². The highest BCUT2D eigenvalue weighted by Gasteiger charge is 2.35. The summed E-state index contributed by atoms with van der Waals surface area (Å²) < 4.78 is 38.2. The van der Waals surface area contributed by atoms with Crippen molar-refractivity contribution in [3.8, 4) is 0 Å². The van der Waals surface area contributed by atoms with E-state index in [4.69, 9.17) is 0 Å². The van der Waals surface area contributed by atoms with Gasteiger partial charge in [0.05, 0.1) is 17.0 Å². The smallest absolute Gasteiger partial charge is 0.326 e. The summed E-state index contributed by atoms with van der Waals surface area (Å²) in [7, 11) is 0. The number of hydrogen-bond acceptors (Lipinski definition) is 5. The molecule has 0 radical (unpaired) electrons. The molecule has 0 saturated carbocycles. The van der Waals surface area contributed by atoms with Crippen molar-refractivity contribution in [2.45, 2.75) is 29.4 Å². The largest absolute Gasteiger partial charge is 0.416 e. The number of halogens is 3. The van der Waals surface area contributed by atoms with E-state index >= 15 is 0 Å². The molecule has 0 unspecified atom stereocenters. The van der Waals surface area contributed by atoms with E-state index in [9.17, 15) is 27.6 Å². The first-order chi connectivity index (χ1) is 15.7. The molecule has 0 aliphatic carbocycles. The second-order valence-electron chi connectivity index (χ2n) is 7.28. The number of carbonyl (C=O) groups is 2. The normalized spacial score (nSPS) is 15.5. The van der Waals surface area contributed by atoms with Gasteiger partial charge in [-0.05, 0) is 29.8 Å². The zero-order valence-electron chi connectivity index (χ0n) is 16.9. The highest BCUT2D eigenvalue weighted by atomic mass is 32.2. The first-order valence-electron chi connectivity index (χ1n) is 9.79. The summed E-state index contributed by atoms with van der Waals surface area (Å²) in [6, 6.07) is 13.4. The third-order valence-corrected chi connectivity index (χ3v) is 5.89. The molecule has 1 aliphatic rings. The van der Waals surface area contributed by atoms with Crippen LogP contribution in [0.5, 0.6) is 0 Å². The van der Waals surface area contributed by atoms with E-state index in [1.165, 1.54) is 11.8 Å². The Balaban J connectivity index is 1.54. The van der Waals surface area contributed by atoms with E-state index in [-0.39, 0.29) is 28.6 Å². The summed E-state index contributed by atoms with van der Waals surface area (Å²) in [5, 5.41) is 5.28. The molecule has 7 nitrogen and oxygen atoms in total. The molecule has 1 atom stereocenters. The average molecular weight is 474 g/mol. The SMILES string of the molecule is O=C1C[C@H](C(=O)Nc2ccc(C(F)(F)F)cc2)c2c(nc(SCc3ccccc3)[nH]c2=O)N1. The summed E-state index contributed by atoms with van der Waals surface area (Å²) in [6.07, 6.45) is -4.79. The van der Waals surface area contributed by atoms with Gasteiger partial charge in [0.1, 0.15) is 5.82 Å². The predicted molar refractivity (Wildman–Crippen MR) is 117 cm³/mol. The molecule has 1 aliphatic heterocycles. The zero-order valence-corrected chi connectivity index (χ0v) is 17.7. The van der Waals surface area contributed by atoms with Crippen molar-refractivity contribution < 1.29 is 22.8 Å². The number of thioether (sulfide) groups is 1. The maximum Gasteiger partial charge on any atom is 0.416 e. The number of rotatable bonds is 5. The van der Waals surface area contributed by atoms with Gasteiger partial charge in [-0.1, -0.05) is 42.1 Å². The number of fused-ring (bicyclic) bond motifs is 1. The number of benzene rings is 2. The minimum Gasteiger partial charge on any atom is -0.326 e. The Labute approximate surface area is 189 Å². The van der Waals surface area contributed by atoms with Gasteiger partial charge in [-0.2, -0.15) is 13.2 Å². The molecule has 3 N–H and O–H groups in total. The molecular formula is C22H17F3N4O3S. The lowest BCUT2D eigenvalue weighted by molar-refractivity contribution is -0.137. The van der Waals surface area contributed by atoms with Gasteiger partial charge in [-0.15, -0.1) is 0 Å². The standard InChI is InChI=1S/C22H17F3N4O3S/c23-22(24,25)13-6-8-14(9-7-13)26-19(31)15-10-16(30)27-18-17(15)20(32)29-21(28-18)33-11-12-4-2-1-3-5-12/h1-9,15H,10-11H2,(H,26,31)(H2,27,28,29,30,32)/t15-/m0/s1. The van der Waals surface area contributed by atoms with Crippen molar-refractivity contribution >= 4 is 35.1 Å². The van der Waals surface area contributed by atoms with E-state index in [0.29, 0.717) is 5.75 Å². The van der Waals surface area contributed by atoms with Gasteiger partial charge in [-0.3, -0.25) is 14.4 Å². The minimum atomic E-state index is -4.50. The van der Waals surface area contributed by atoms with E-state index in [0.717, 1.165) is 29.8 Å². The molecule has 2 amide bonds. The molecule has 4 rings (SSSR count). The van der Waals surface area contributed by atoms with Gasteiger partial charge in [0.2, 0.25) is 11.8 Å². The van der Waals surface area contributed by atoms with Crippen molar-refractivity contribution in [1.82, 2.24) is 9.97 Å². The van der Waals surface area contributed by atoms with Crippen molar-refractivity contribution in [2.24, 2.45) is 0 Å². The van der Waals surface area contributed by atoms with E-state index in [1.54, 1.807) is 0 Å². The van der Waals surface area contributed by atoms with Crippen LogP contribution in [0, 0.1) is 0 Å². The fourth-order valence-corrected chi connectivity index (χ4v) is 4.16. The summed E-state index contributed by atoms with van der Waals surface area (Å²) in [4.78, 5) is 44.7. The third kappa shape index (κ3) is 5.25. The fourth-order valence-electron chi connectivity index (χ4n) is 3.34. The molecule has 0 bridgehead atoms. The van der Waals surface area contributed by atoms with Crippen LogP contribution in [-0.2, 0) is 21.5 Å². The van der Waals surface area contributed by atoms with Crippen LogP contribution in [0.1, 0.15) is 29.0 Å². The molecule has 1 aromatic heterocycles. The summed E-state index contributed by atoms with van der Waals surface area (Å²) in [5.74, 6) is -1.79. The maximum atomic E-state index is 12.8. The number of nitrogens with zero attached hydrogens (tertiary/aromatic N) is 1. The average Bonchev–Trinajstić information content (AvgIpc) is 2.77. The lowest BCUT2D eigenvalue weighted by Crippen LogP contribution is -2.36. The second kappa shape index (κ2) is 9.10. The van der Waals surface area contributed by atoms with Crippen LogP contribution in [0.4, 0.5) is 24.7 Å². The van der Waals surface area contributed by atoms with Gasteiger partial charge in [0.25, 0.3) is 5.56 Å². The first-order valence-corrected chi connectivity index (χ1v) is 10.8. The van der Waals surface area contributed by atoms with Crippen molar-refractivity contribution in [3.63, 3.8) is 0 Å². The Hall–Kier alpha value is -3.60. The minimum absolute atomic E-state index is 0.00173. The maximum absolute atomic E-state index is 12.8. The number of nitrogens with one attached hydrogen (secondary N) is 3. The summed E-state index contributed by atoms with van der Waals surface area (Å²) in [6.45, 7) is 0. The number of hydrogen-bond donors (Lipinski definition) is 3. The van der Waals surface area contributed by atoms with Crippen molar-refractivity contribution in [3.05, 3.63) is 81.6 Å². The van der Waals surface area contributed by atoms with Crippen LogP contribution in [0.25, 0.3) is 0 Å². The van der Waals surface area contributed by atoms with Gasteiger partial charge >= 0.3 is 6.18 Å². The summed E-state index contributed by atoms with van der Waals surface area (Å²) in [5.41, 5.74) is -0.295. The Morgan fingerprint density at radius 1 is 1.09 bits per heavy atom. The van der Waals surface area contributed by atoms with Crippen LogP contribution in [0.2, 0.25) is 0 Å². The number of H-pyrrole nitrogens is 1. The van der Waals surface area contributed by atoms with Gasteiger partial charge in [0, 0.05) is 17.9 Å². The molecule has 33 heavy (non-hydrogen) atoms. The number of aromatic amines is 1. The quantitative estimate of drug-likeness (QED) is 0.381. The lowest BCUT2D eigenvalue weighted by atomic mass is 9.92. The highest BCUT2D eigenvalue weighted by Crippen LogP contribution is 2.32. The number of amides is 2. The van der Waals surface area contributed by atoms with Crippen LogP contribution >= 0.6 is 11.8 Å². The molecule has 3 aromatic rings. The topological polar surface area (TPSA) is 104 Å². The van der Waals surface area contributed by atoms with E-state index in [2.05, 4.69) is 20.6 Å². The fraction of sp³-hybridized carbons (Fsp3) is 0.182. The Morgan fingerprint density at radius 3 is 2.45 bits per heavy atom. The Morgan fingerprint density at radius 2 is 1.79 bits per heavy atom. The molecule has 0 fully saturated rings. The van der Waals surface area contributed by atoms with Crippen molar-refractivity contribution in [1.29, 1.82) is 0 Å². The van der Waals surface area contributed by atoms with Crippen LogP contribution < -0.4 is 16.2 Å². The lowest BCUT2D eigenvalue weighted by Gasteiger charge is -2.23. The van der Waals surface area contributed by atoms with E-state index < -0.39 is 35.0 Å². The molecule has 11 heteroatoms. The van der Waals surface area contributed by atoms with Gasteiger partial charge in [-0.25, -0.2) is 4.98 Å². The first kappa shape index (κ1) is 22.6. The third-order valence-electron chi connectivity index (χ3n) is 4.94. The molecular weight excluding hydrogens is 457 g/mol. The highest BCUT2D eigenvalue weighted by molar-refractivity contribution is 7.98. The van der Waals surface area contributed by atoms with Crippen LogP contribution in [-0.4, -0.2) is 21.8 Å². The Kier molecular flexibility index (Phi) is 6.23. The number of alkyl halides is 3. The molecule has 0 saturated heterocycles. The van der Waals surface area contributed by atoms with Crippen molar-refractivity contribution in [2.75, 3.05) is 10.6 Å². The molecule has 2 heterocycles. The predicted octanol–water partition coefficient (Wildman–Crippen LogP) is 4.15. The number of anilines is 2. The van der Waals surface area contributed by atoms with Crippen LogP contribution in [0.15, 0.2) is 64.5 Å².